The Morgan fingerprint density at radius 1 is 1.33 bits per heavy atom. The molecule has 15 heavy (non-hydrogen) atoms. The SMILES string of the molecule is CNS(=O)(=O)c1ccccc1NCCN. The maximum absolute atomic E-state index is 11.6. The monoisotopic (exact) mass is 229 g/mol. The van der Waals surface area contributed by atoms with Crippen LogP contribution >= 0.6 is 0 Å². The normalized spacial score (nSPS) is 11.3. The zero-order valence-corrected chi connectivity index (χ0v) is 9.34. The van der Waals surface area contributed by atoms with Gasteiger partial charge in [0.1, 0.15) is 4.90 Å². The van der Waals surface area contributed by atoms with Crippen LogP contribution in [0.15, 0.2) is 29.2 Å². The van der Waals surface area contributed by atoms with E-state index in [1.54, 1.807) is 24.3 Å². The molecule has 0 aliphatic rings. The number of nitrogens with one attached hydrogen (secondary N) is 2. The van der Waals surface area contributed by atoms with Gasteiger partial charge in [-0.1, -0.05) is 12.1 Å². The van der Waals surface area contributed by atoms with Crippen molar-refractivity contribution in [3.63, 3.8) is 0 Å². The Labute approximate surface area is 89.7 Å². The quantitative estimate of drug-likeness (QED) is 0.661. The van der Waals surface area contributed by atoms with Crippen molar-refractivity contribution in [1.82, 2.24) is 4.72 Å². The van der Waals surface area contributed by atoms with E-state index in [2.05, 4.69) is 10.0 Å². The average Bonchev–Trinajstić information content (AvgIpc) is 2.26. The Morgan fingerprint density at radius 3 is 2.60 bits per heavy atom. The summed E-state index contributed by atoms with van der Waals surface area (Å²) < 4.78 is 25.5. The molecule has 1 aromatic carbocycles. The van der Waals surface area contributed by atoms with Gasteiger partial charge in [-0.3, -0.25) is 0 Å². The van der Waals surface area contributed by atoms with E-state index in [4.69, 9.17) is 5.73 Å². The Kier molecular flexibility index (Phi) is 4.07. The predicted molar refractivity (Wildman–Crippen MR) is 60.2 cm³/mol. The van der Waals surface area contributed by atoms with Crippen LogP contribution in [0.3, 0.4) is 0 Å². The van der Waals surface area contributed by atoms with Gasteiger partial charge in [0.15, 0.2) is 0 Å². The number of para-hydroxylation sites is 1. The van der Waals surface area contributed by atoms with Crippen molar-refractivity contribution in [2.45, 2.75) is 4.90 Å². The molecule has 0 saturated carbocycles. The highest BCUT2D eigenvalue weighted by Crippen LogP contribution is 2.19. The minimum atomic E-state index is -3.41. The lowest BCUT2D eigenvalue weighted by atomic mass is 10.3. The molecule has 0 fully saturated rings. The topological polar surface area (TPSA) is 84.2 Å². The van der Waals surface area contributed by atoms with Crippen LogP contribution in [0.5, 0.6) is 0 Å². The first-order chi connectivity index (χ1) is 7.11. The van der Waals surface area contributed by atoms with Crippen molar-refractivity contribution in [1.29, 1.82) is 0 Å². The first kappa shape index (κ1) is 12.0. The molecule has 0 spiro atoms. The van der Waals surface area contributed by atoms with E-state index in [1.165, 1.54) is 7.05 Å². The third-order valence-corrected chi connectivity index (χ3v) is 3.38. The molecule has 4 N–H and O–H groups in total. The molecule has 0 saturated heterocycles. The molecule has 0 heterocycles. The molecule has 1 rings (SSSR count). The largest absolute Gasteiger partial charge is 0.383 e. The van der Waals surface area contributed by atoms with Crippen LogP contribution in [0.25, 0.3) is 0 Å². The Hall–Kier alpha value is -1.11. The lowest BCUT2D eigenvalue weighted by Crippen LogP contribution is -2.21. The fourth-order valence-corrected chi connectivity index (χ4v) is 2.07. The van der Waals surface area contributed by atoms with Crippen LogP contribution in [0.1, 0.15) is 0 Å². The van der Waals surface area contributed by atoms with Gasteiger partial charge in [-0.2, -0.15) is 0 Å². The van der Waals surface area contributed by atoms with Gasteiger partial charge in [-0.05, 0) is 19.2 Å². The van der Waals surface area contributed by atoms with E-state index < -0.39 is 10.0 Å². The minimum absolute atomic E-state index is 0.237. The molecule has 0 bridgehead atoms. The molecule has 84 valence electrons. The summed E-state index contributed by atoms with van der Waals surface area (Å²) in [6.45, 7) is 0.990. The van der Waals surface area contributed by atoms with Crippen molar-refractivity contribution < 1.29 is 8.42 Å². The highest BCUT2D eigenvalue weighted by atomic mass is 32.2. The number of sulfonamides is 1. The lowest BCUT2D eigenvalue weighted by Gasteiger charge is -2.10. The minimum Gasteiger partial charge on any atom is -0.383 e. The second kappa shape index (κ2) is 5.11. The van der Waals surface area contributed by atoms with Crippen molar-refractivity contribution in [2.75, 3.05) is 25.5 Å². The second-order valence-electron chi connectivity index (χ2n) is 2.92. The van der Waals surface area contributed by atoms with Gasteiger partial charge in [0.25, 0.3) is 0 Å². The summed E-state index contributed by atoms with van der Waals surface area (Å²) in [5, 5.41) is 2.96. The van der Waals surface area contributed by atoms with Gasteiger partial charge in [-0.25, -0.2) is 13.1 Å². The number of rotatable bonds is 5. The molecule has 0 aliphatic heterocycles. The molecule has 6 heteroatoms. The van der Waals surface area contributed by atoms with Gasteiger partial charge in [0.2, 0.25) is 10.0 Å². The second-order valence-corrected chi connectivity index (χ2v) is 4.77. The highest BCUT2D eigenvalue weighted by molar-refractivity contribution is 7.89. The van der Waals surface area contributed by atoms with Crippen molar-refractivity contribution in [3.05, 3.63) is 24.3 Å². The van der Waals surface area contributed by atoms with E-state index in [1.807, 2.05) is 0 Å². The van der Waals surface area contributed by atoms with Gasteiger partial charge in [-0.15, -0.1) is 0 Å². The molecule has 0 amide bonds. The number of hydrogen-bond acceptors (Lipinski definition) is 4. The Bertz CT molecular complexity index is 417. The van der Waals surface area contributed by atoms with E-state index in [9.17, 15) is 8.42 Å². The van der Waals surface area contributed by atoms with Crippen LogP contribution in [-0.4, -0.2) is 28.6 Å². The summed E-state index contributed by atoms with van der Waals surface area (Å²) in [6, 6.07) is 6.70. The summed E-state index contributed by atoms with van der Waals surface area (Å²) in [5.74, 6) is 0. The fourth-order valence-electron chi connectivity index (χ4n) is 1.16. The Morgan fingerprint density at radius 2 is 2.00 bits per heavy atom. The summed E-state index contributed by atoms with van der Waals surface area (Å²) in [4.78, 5) is 0.237. The molecule has 0 aliphatic carbocycles. The van der Waals surface area contributed by atoms with Gasteiger partial charge in [0, 0.05) is 13.1 Å². The highest BCUT2D eigenvalue weighted by Gasteiger charge is 2.15. The lowest BCUT2D eigenvalue weighted by molar-refractivity contribution is 0.588. The number of nitrogens with two attached hydrogens (primary N) is 1. The summed E-state index contributed by atoms with van der Waals surface area (Å²) in [7, 11) is -2.03. The van der Waals surface area contributed by atoms with Gasteiger partial charge in [0.05, 0.1) is 5.69 Å². The maximum Gasteiger partial charge on any atom is 0.242 e. The molecule has 1 aromatic rings. The average molecular weight is 229 g/mol. The van der Waals surface area contributed by atoms with E-state index in [0.717, 1.165) is 0 Å². The first-order valence-corrected chi connectivity index (χ1v) is 6.06. The third kappa shape index (κ3) is 2.92. The van der Waals surface area contributed by atoms with E-state index >= 15 is 0 Å². The summed E-state index contributed by atoms with van der Waals surface area (Å²) in [6.07, 6.45) is 0. The molecule has 0 atom stereocenters. The number of hydrogen-bond donors (Lipinski definition) is 3. The fraction of sp³-hybridized carbons (Fsp3) is 0.333. The van der Waals surface area contributed by atoms with Crippen LogP contribution in [0.4, 0.5) is 5.69 Å². The van der Waals surface area contributed by atoms with Crippen molar-refractivity contribution >= 4 is 15.7 Å². The van der Waals surface area contributed by atoms with Crippen LogP contribution in [0, 0.1) is 0 Å². The zero-order chi connectivity index (χ0) is 11.3. The molecule has 5 nitrogen and oxygen atoms in total. The van der Waals surface area contributed by atoms with Crippen LogP contribution in [0.2, 0.25) is 0 Å². The van der Waals surface area contributed by atoms with Gasteiger partial charge < -0.3 is 11.1 Å². The summed E-state index contributed by atoms with van der Waals surface area (Å²) >= 11 is 0. The predicted octanol–water partition coefficient (Wildman–Crippen LogP) is -0.0347. The van der Waals surface area contributed by atoms with Crippen LogP contribution in [-0.2, 0) is 10.0 Å². The molecule has 0 unspecified atom stereocenters. The van der Waals surface area contributed by atoms with E-state index in [-0.39, 0.29) is 4.90 Å². The van der Waals surface area contributed by atoms with Crippen molar-refractivity contribution in [3.8, 4) is 0 Å². The molecule has 0 aromatic heterocycles. The molecule has 0 radical (unpaired) electrons. The van der Waals surface area contributed by atoms with E-state index in [0.29, 0.717) is 18.8 Å². The smallest absolute Gasteiger partial charge is 0.242 e. The number of benzene rings is 1. The zero-order valence-electron chi connectivity index (χ0n) is 8.53. The molecular weight excluding hydrogens is 214 g/mol. The Balaban J connectivity index is 3.07. The maximum atomic E-state index is 11.6. The third-order valence-electron chi connectivity index (χ3n) is 1.91. The molecular formula is C9H15N3O2S. The van der Waals surface area contributed by atoms with Crippen molar-refractivity contribution in [2.24, 2.45) is 5.73 Å². The van der Waals surface area contributed by atoms with Crippen LogP contribution < -0.4 is 15.8 Å². The summed E-state index contributed by atoms with van der Waals surface area (Å²) in [5.41, 5.74) is 5.91. The standard InChI is InChI=1S/C9H15N3O2S/c1-11-15(13,14)9-5-3-2-4-8(9)12-7-6-10/h2-5,11-12H,6-7,10H2,1H3. The van der Waals surface area contributed by atoms with Gasteiger partial charge >= 0.3 is 0 Å². The first-order valence-electron chi connectivity index (χ1n) is 4.58. The number of anilines is 1.